The molecule has 7 nitrogen and oxygen atoms in total. The van der Waals surface area contributed by atoms with Crippen LogP contribution in [-0.2, 0) is 29.1 Å². The van der Waals surface area contributed by atoms with Crippen molar-refractivity contribution in [3.8, 4) is 5.75 Å². The number of Topliss-reactive ketones (excluding diaryl/α,β-unsaturated/α-hetero) is 1. The normalized spacial score (nSPS) is 20.9. The number of alkyl halides is 2. The van der Waals surface area contributed by atoms with E-state index < -0.39 is 6.61 Å². The molecule has 1 aliphatic carbocycles. The van der Waals surface area contributed by atoms with Gasteiger partial charge in [0.25, 0.3) is 0 Å². The zero-order valence-electron chi connectivity index (χ0n) is 19.5. The van der Waals surface area contributed by atoms with Crippen molar-refractivity contribution in [1.82, 2.24) is 19.9 Å². The Bertz CT molecular complexity index is 933. The van der Waals surface area contributed by atoms with Gasteiger partial charge in [0.15, 0.2) is 11.5 Å². The van der Waals surface area contributed by atoms with Gasteiger partial charge in [0.1, 0.15) is 24.0 Å². The third kappa shape index (κ3) is 7.48. The largest absolute Gasteiger partial charge is 0.483 e. The highest BCUT2D eigenvalue weighted by Gasteiger charge is 2.25. The Morgan fingerprint density at radius 2 is 1.94 bits per heavy atom. The summed E-state index contributed by atoms with van der Waals surface area (Å²) in [6.45, 7) is 1.81. The van der Waals surface area contributed by atoms with Crippen LogP contribution in [0.2, 0.25) is 0 Å². The van der Waals surface area contributed by atoms with Crippen molar-refractivity contribution in [3.05, 3.63) is 33.8 Å². The fourth-order valence-corrected chi connectivity index (χ4v) is 5.77. The average molecular weight is 495 g/mol. The Morgan fingerprint density at radius 3 is 2.68 bits per heavy atom. The highest BCUT2D eigenvalue weighted by atomic mass is 32.1. The number of hydrogen-bond donors (Lipinski definition) is 0. The highest BCUT2D eigenvalue weighted by molar-refractivity contribution is 7.11. The van der Waals surface area contributed by atoms with E-state index in [1.54, 1.807) is 12.4 Å². The Morgan fingerprint density at radius 1 is 1.21 bits per heavy atom. The molecule has 0 unspecified atom stereocenters. The number of ketones is 1. The minimum Gasteiger partial charge on any atom is -0.483 e. The van der Waals surface area contributed by atoms with Gasteiger partial charge in [0, 0.05) is 24.4 Å². The van der Waals surface area contributed by atoms with Crippen molar-refractivity contribution in [2.75, 3.05) is 19.7 Å². The van der Waals surface area contributed by atoms with Gasteiger partial charge in [-0.25, -0.2) is 15.0 Å². The van der Waals surface area contributed by atoms with Crippen molar-refractivity contribution >= 4 is 17.1 Å². The lowest BCUT2D eigenvalue weighted by molar-refractivity contribution is -0.137. The summed E-state index contributed by atoms with van der Waals surface area (Å²) in [5.41, 5.74) is 1.02. The molecule has 0 amide bonds. The molecule has 4 rings (SSSR count). The van der Waals surface area contributed by atoms with Crippen molar-refractivity contribution in [3.63, 3.8) is 0 Å². The number of thiazole rings is 1. The molecule has 0 atom stereocenters. The van der Waals surface area contributed by atoms with E-state index >= 15 is 0 Å². The molecule has 2 aromatic heterocycles. The van der Waals surface area contributed by atoms with E-state index in [2.05, 4.69) is 24.6 Å². The monoisotopic (exact) mass is 494 g/mol. The van der Waals surface area contributed by atoms with Gasteiger partial charge in [-0.15, -0.1) is 11.3 Å². The minimum absolute atomic E-state index is 0.0793. The molecule has 2 aromatic rings. The fourth-order valence-electron chi connectivity index (χ4n) is 4.78. The molecule has 0 N–H and O–H groups in total. The van der Waals surface area contributed by atoms with Crippen molar-refractivity contribution in [2.24, 2.45) is 11.8 Å². The predicted octanol–water partition coefficient (Wildman–Crippen LogP) is 4.57. The first-order valence-electron chi connectivity index (χ1n) is 12.0. The lowest BCUT2D eigenvalue weighted by atomic mass is 9.78. The second kappa shape index (κ2) is 12.1. The van der Waals surface area contributed by atoms with Crippen LogP contribution < -0.4 is 4.74 Å². The number of ether oxygens (including phenoxy) is 2. The van der Waals surface area contributed by atoms with Crippen LogP contribution in [0.1, 0.15) is 59.9 Å². The molecule has 0 aromatic carbocycles. The van der Waals surface area contributed by atoms with E-state index in [0.717, 1.165) is 63.9 Å². The molecule has 0 bridgehead atoms. The standard InChI is InChI=1S/C24H32F2N4O3S/c1-16-27-11-20(12-28-16)32-14-19(31)10-18-4-2-17(3-5-18)6-8-30-9-7-22-21(13-30)29-23(34-22)15-33-24(25)26/h11-12,17-18,24H,2-10,13-15H2,1H3. The summed E-state index contributed by atoms with van der Waals surface area (Å²) in [6, 6.07) is 0. The number of hydrogen-bond acceptors (Lipinski definition) is 8. The van der Waals surface area contributed by atoms with E-state index in [4.69, 9.17) is 4.74 Å². The molecule has 10 heteroatoms. The summed E-state index contributed by atoms with van der Waals surface area (Å²) in [4.78, 5) is 28.6. The van der Waals surface area contributed by atoms with Gasteiger partial charge in [0.05, 0.1) is 18.1 Å². The molecule has 0 radical (unpaired) electrons. The Labute approximate surface area is 202 Å². The van der Waals surface area contributed by atoms with E-state index in [-0.39, 0.29) is 19.0 Å². The second-order valence-corrected chi connectivity index (χ2v) is 10.4. The van der Waals surface area contributed by atoms with Gasteiger partial charge >= 0.3 is 6.61 Å². The van der Waals surface area contributed by atoms with Crippen LogP contribution in [-0.4, -0.2) is 51.9 Å². The highest BCUT2D eigenvalue weighted by Crippen LogP contribution is 2.33. The maximum absolute atomic E-state index is 12.3. The first kappa shape index (κ1) is 25.1. The maximum Gasteiger partial charge on any atom is 0.345 e. The third-order valence-electron chi connectivity index (χ3n) is 6.68. The number of aromatic nitrogens is 3. The maximum atomic E-state index is 12.3. The smallest absolute Gasteiger partial charge is 0.345 e. The Hall–Kier alpha value is -2.04. The molecule has 186 valence electrons. The average Bonchev–Trinajstić information content (AvgIpc) is 3.24. The SMILES string of the molecule is Cc1ncc(OCC(=O)CC2CCC(CCN3CCc4sc(COC(F)F)nc4C3)CC2)cn1. The zero-order chi connectivity index (χ0) is 23.9. The van der Waals surface area contributed by atoms with Gasteiger partial charge < -0.3 is 9.47 Å². The number of nitrogens with zero attached hydrogens (tertiary/aromatic N) is 4. The van der Waals surface area contributed by atoms with Gasteiger partial charge in [0.2, 0.25) is 0 Å². The zero-order valence-corrected chi connectivity index (χ0v) is 20.4. The molecule has 1 aliphatic heterocycles. The summed E-state index contributed by atoms with van der Waals surface area (Å²) in [6.07, 6.45) is 10.4. The molecule has 1 fully saturated rings. The summed E-state index contributed by atoms with van der Waals surface area (Å²) >= 11 is 1.49. The van der Waals surface area contributed by atoms with Crippen LogP contribution in [0, 0.1) is 18.8 Å². The fraction of sp³-hybridized carbons (Fsp3) is 0.667. The summed E-state index contributed by atoms with van der Waals surface area (Å²) in [5.74, 6) is 2.48. The number of carbonyl (C=O) groups is 1. The third-order valence-corrected chi connectivity index (χ3v) is 7.81. The first-order chi connectivity index (χ1) is 16.4. The number of halogens is 2. The van der Waals surface area contributed by atoms with Gasteiger partial charge in [-0.2, -0.15) is 8.78 Å². The number of aryl methyl sites for hydroxylation is 1. The topological polar surface area (TPSA) is 77.4 Å². The number of fused-ring (bicyclic) bond motifs is 1. The molecular formula is C24H32F2N4O3S. The molecule has 0 spiro atoms. The summed E-state index contributed by atoms with van der Waals surface area (Å²) in [5, 5.41) is 0.637. The van der Waals surface area contributed by atoms with Crippen LogP contribution >= 0.6 is 11.3 Å². The van der Waals surface area contributed by atoms with Crippen LogP contribution in [0.25, 0.3) is 0 Å². The van der Waals surface area contributed by atoms with Crippen molar-refractivity contribution in [1.29, 1.82) is 0 Å². The molecule has 34 heavy (non-hydrogen) atoms. The van der Waals surface area contributed by atoms with Gasteiger partial charge in [-0.3, -0.25) is 9.69 Å². The lowest BCUT2D eigenvalue weighted by Gasteiger charge is -2.31. The van der Waals surface area contributed by atoms with Crippen LogP contribution in [0.4, 0.5) is 8.78 Å². The van der Waals surface area contributed by atoms with E-state index in [1.807, 2.05) is 6.92 Å². The lowest BCUT2D eigenvalue weighted by Crippen LogP contribution is -2.32. The van der Waals surface area contributed by atoms with Crippen LogP contribution in [0.15, 0.2) is 12.4 Å². The number of carbonyl (C=O) groups excluding carboxylic acids is 1. The van der Waals surface area contributed by atoms with Gasteiger partial charge in [-0.1, -0.05) is 12.8 Å². The van der Waals surface area contributed by atoms with Gasteiger partial charge in [-0.05, 0) is 51.0 Å². The summed E-state index contributed by atoms with van der Waals surface area (Å²) < 4.78 is 34.4. The number of rotatable bonds is 11. The molecule has 3 heterocycles. The molecule has 0 saturated heterocycles. The van der Waals surface area contributed by atoms with Crippen molar-refractivity contribution < 1.29 is 23.0 Å². The molecular weight excluding hydrogens is 462 g/mol. The van der Waals surface area contributed by atoms with Crippen LogP contribution in [0.3, 0.4) is 0 Å². The van der Waals surface area contributed by atoms with Crippen LogP contribution in [0.5, 0.6) is 5.75 Å². The molecule has 1 saturated carbocycles. The van der Waals surface area contributed by atoms with E-state index in [0.29, 0.717) is 34.8 Å². The second-order valence-electron chi connectivity index (χ2n) is 9.25. The predicted molar refractivity (Wildman–Crippen MR) is 124 cm³/mol. The summed E-state index contributed by atoms with van der Waals surface area (Å²) in [7, 11) is 0. The Balaban J connectivity index is 1.12. The quantitative estimate of drug-likeness (QED) is 0.453. The first-order valence-corrected chi connectivity index (χ1v) is 12.8. The van der Waals surface area contributed by atoms with E-state index in [9.17, 15) is 13.6 Å². The van der Waals surface area contributed by atoms with Crippen molar-refractivity contribution in [2.45, 2.75) is 71.6 Å². The van der Waals surface area contributed by atoms with E-state index in [1.165, 1.54) is 16.2 Å². The minimum atomic E-state index is -2.76. The molecule has 2 aliphatic rings. The Kier molecular flexibility index (Phi) is 8.91.